The van der Waals surface area contributed by atoms with E-state index in [2.05, 4.69) is 4.99 Å². The summed E-state index contributed by atoms with van der Waals surface area (Å²) < 4.78 is 5.23. The van der Waals surface area contributed by atoms with Gasteiger partial charge in [-0.15, -0.1) is 0 Å². The smallest absolute Gasteiger partial charge is 0.254 e. The first-order valence-electron chi connectivity index (χ1n) is 4.66. The first-order chi connectivity index (χ1) is 5.91. The van der Waals surface area contributed by atoms with Crippen LogP contribution in [-0.2, 0) is 9.53 Å². The van der Waals surface area contributed by atoms with Crippen molar-refractivity contribution in [2.45, 2.75) is 39.7 Å². The Morgan fingerprint density at radius 2 is 2.23 bits per heavy atom. The van der Waals surface area contributed by atoms with Crippen LogP contribution in [0.4, 0.5) is 0 Å². The molecule has 74 valence electrons. The molecule has 0 N–H and O–H groups in total. The van der Waals surface area contributed by atoms with Crippen molar-refractivity contribution in [2.75, 3.05) is 6.61 Å². The summed E-state index contributed by atoms with van der Waals surface area (Å²) in [5.74, 6) is 0.710. The average Bonchev–Trinajstić information content (AvgIpc) is 2.28. The van der Waals surface area contributed by atoms with Crippen molar-refractivity contribution in [3.8, 4) is 0 Å². The summed E-state index contributed by atoms with van der Waals surface area (Å²) in [7, 11) is 0. The van der Waals surface area contributed by atoms with Crippen LogP contribution in [0, 0.1) is 5.92 Å². The van der Waals surface area contributed by atoms with Crippen molar-refractivity contribution in [3.63, 3.8) is 0 Å². The molecule has 0 unspecified atom stereocenters. The van der Waals surface area contributed by atoms with Gasteiger partial charge in [-0.05, 0) is 19.8 Å². The Balaban J connectivity index is 2.59. The molecule has 0 saturated carbocycles. The van der Waals surface area contributed by atoms with E-state index in [0.29, 0.717) is 24.8 Å². The minimum Gasteiger partial charge on any atom is -0.473 e. The number of rotatable bonds is 3. The Morgan fingerprint density at radius 3 is 2.62 bits per heavy atom. The van der Waals surface area contributed by atoms with Gasteiger partial charge in [-0.25, -0.2) is 4.99 Å². The fourth-order valence-electron chi connectivity index (χ4n) is 1.19. The number of hydrogen-bond acceptors (Lipinski definition) is 3. The molecule has 1 aliphatic rings. The van der Waals surface area contributed by atoms with E-state index in [1.165, 1.54) is 0 Å². The first kappa shape index (κ1) is 10.2. The standard InChI is InChI=1S/C10H17NO2/c1-7(2)5-8(12)9-11-10(3,4)6-13-9/h7H,5-6H2,1-4H3. The molecular formula is C10H17NO2. The van der Waals surface area contributed by atoms with E-state index in [9.17, 15) is 4.79 Å². The quantitative estimate of drug-likeness (QED) is 0.669. The van der Waals surface area contributed by atoms with Crippen molar-refractivity contribution in [3.05, 3.63) is 0 Å². The van der Waals surface area contributed by atoms with E-state index in [1.54, 1.807) is 0 Å². The van der Waals surface area contributed by atoms with Crippen LogP contribution in [0.5, 0.6) is 0 Å². The van der Waals surface area contributed by atoms with Crippen LogP contribution < -0.4 is 0 Å². The van der Waals surface area contributed by atoms with Crippen LogP contribution in [0.25, 0.3) is 0 Å². The van der Waals surface area contributed by atoms with Gasteiger partial charge in [0.1, 0.15) is 6.61 Å². The molecule has 0 aromatic rings. The van der Waals surface area contributed by atoms with Gasteiger partial charge < -0.3 is 4.74 Å². The third kappa shape index (κ3) is 2.83. The fourth-order valence-corrected chi connectivity index (χ4v) is 1.19. The molecular weight excluding hydrogens is 166 g/mol. The second kappa shape index (κ2) is 3.48. The molecule has 0 aromatic heterocycles. The zero-order valence-corrected chi connectivity index (χ0v) is 8.76. The van der Waals surface area contributed by atoms with Crippen LogP contribution in [0.15, 0.2) is 4.99 Å². The van der Waals surface area contributed by atoms with E-state index in [-0.39, 0.29) is 11.3 Å². The summed E-state index contributed by atoms with van der Waals surface area (Å²) in [5, 5.41) is 0. The zero-order chi connectivity index (χ0) is 10.1. The van der Waals surface area contributed by atoms with Crippen LogP contribution >= 0.6 is 0 Å². The summed E-state index contributed by atoms with van der Waals surface area (Å²) in [5.41, 5.74) is -0.220. The molecule has 3 nitrogen and oxygen atoms in total. The second-order valence-electron chi connectivity index (χ2n) is 4.54. The molecule has 0 aromatic carbocycles. The van der Waals surface area contributed by atoms with Gasteiger partial charge in [0.05, 0.1) is 5.54 Å². The molecule has 1 rings (SSSR count). The van der Waals surface area contributed by atoms with Crippen LogP contribution in [0.2, 0.25) is 0 Å². The molecule has 0 bridgehead atoms. The van der Waals surface area contributed by atoms with Crippen molar-refractivity contribution in [1.82, 2.24) is 0 Å². The van der Waals surface area contributed by atoms with Crippen molar-refractivity contribution < 1.29 is 9.53 Å². The van der Waals surface area contributed by atoms with Gasteiger partial charge in [-0.2, -0.15) is 0 Å². The molecule has 1 heterocycles. The molecule has 0 amide bonds. The van der Waals surface area contributed by atoms with Crippen LogP contribution in [0.1, 0.15) is 34.1 Å². The SMILES string of the molecule is CC(C)CC(=O)C1=NC(C)(C)CO1. The van der Waals surface area contributed by atoms with Crippen molar-refractivity contribution in [2.24, 2.45) is 10.9 Å². The normalized spacial score (nSPS) is 19.9. The minimum absolute atomic E-state index is 0.0283. The highest BCUT2D eigenvalue weighted by atomic mass is 16.5. The highest BCUT2D eigenvalue weighted by molar-refractivity contribution is 6.36. The summed E-state index contributed by atoms with van der Waals surface area (Å²) >= 11 is 0. The Labute approximate surface area is 79.2 Å². The number of hydrogen-bond donors (Lipinski definition) is 0. The monoisotopic (exact) mass is 183 g/mol. The largest absolute Gasteiger partial charge is 0.473 e. The van der Waals surface area contributed by atoms with E-state index in [4.69, 9.17) is 4.74 Å². The van der Waals surface area contributed by atoms with E-state index < -0.39 is 0 Å². The highest BCUT2D eigenvalue weighted by Crippen LogP contribution is 2.18. The highest BCUT2D eigenvalue weighted by Gasteiger charge is 2.29. The molecule has 0 fully saturated rings. The summed E-state index contributed by atoms with van der Waals surface area (Å²) in [4.78, 5) is 15.7. The number of ketones is 1. The van der Waals surface area contributed by atoms with Gasteiger partial charge in [-0.3, -0.25) is 4.79 Å². The third-order valence-corrected chi connectivity index (χ3v) is 1.80. The number of carbonyl (C=O) groups excluding carboxylic acids is 1. The topological polar surface area (TPSA) is 38.7 Å². The molecule has 3 heteroatoms. The number of nitrogens with zero attached hydrogens (tertiary/aromatic N) is 1. The fraction of sp³-hybridized carbons (Fsp3) is 0.800. The maximum Gasteiger partial charge on any atom is 0.254 e. The molecule has 1 aliphatic heterocycles. The summed E-state index contributed by atoms with van der Waals surface area (Å²) in [6.07, 6.45) is 0.523. The lowest BCUT2D eigenvalue weighted by Gasteiger charge is -2.07. The molecule has 13 heavy (non-hydrogen) atoms. The van der Waals surface area contributed by atoms with Gasteiger partial charge >= 0.3 is 0 Å². The van der Waals surface area contributed by atoms with Crippen molar-refractivity contribution >= 4 is 11.7 Å². The summed E-state index contributed by atoms with van der Waals surface area (Å²) in [6.45, 7) is 8.47. The Bertz CT molecular complexity index is 241. The minimum atomic E-state index is -0.220. The molecule has 0 atom stereocenters. The van der Waals surface area contributed by atoms with Gasteiger partial charge in [-0.1, -0.05) is 13.8 Å². The van der Waals surface area contributed by atoms with Crippen molar-refractivity contribution in [1.29, 1.82) is 0 Å². The number of carbonyl (C=O) groups is 1. The maximum atomic E-state index is 11.5. The average molecular weight is 183 g/mol. The lowest BCUT2D eigenvalue weighted by Crippen LogP contribution is -2.17. The van der Waals surface area contributed by atoms with Crippen LogP contribution in [-0.4, -0.2) is 23.8 Å². The number of Topliss-reactive ketones (excluding diaryl/α,β-unsaturated/α-hetero) is 1. The Morgan fingerprint density at radius 1 is 1.62 bits per heavy atom. The lowest BCUT2D eigenvalue weighted by atomic mass is 10.1. The first-order valence-corrected chi connectivity index (χ1v) is 4.66. The molecule has 0 radical (unpaired) electrons. The summed E-state index contributed by atoms with van der Waals surface area (Å²) in [6, 6.07) is 0. The Kier molecular flexibility index (Phi) is 2.74. The Hall–Kier alpha value is -0.860. The molecule has 0 saturated heterocycles. The van der Waals surface area contributed by atoms with Gasteiger partial charge in [0.25, 0.3) is 5.90 Å². The predicted octanol–water partition coefficient (Wildman–Crippen LogP) is 1.81. The van der Waals surface area contributed by atoms with E-state index >= 15 is 0 Å². The van der Waals surface area contributed by atoms with E-state index in [1.807, 2.05) is 27.7 Å². The van der Waals surface area contributed by atoms with Crippen LogP contribution in [0.3, 0.4) is 0 Å². The zero-order valence-electron chi connectivity index (χ0n) is 8.76. The lowest BCUT2D eigenvalue weighted by molar-refractivity contribution is -0.114. The van der Waals surface area contributed by atoms with Gasteiger partial charge in [0.15, 0.2) is 0 Å². The maximum absolute atomic E-state index is 11.5. The predicted molar refractivity (Wildman–Crippen MR) is 51.9 cm³/mol. The van der Waals surface area contributed by atoms with E-state index in [0.717, 1.165) is 0 Å². The van der Waals surface area contributed by atoms with Gasteiger partial charge in [0, 0.05) is 6.42 Å². The third-order valence-electron chi connectivity index (χ3n) is 1.80. The molecule has 0 aliphatic carbocycles. The van der Waals surface area contributed by atoms with Gasteiger partial charge in [0.2, 0.25) is 5.78 Å². The molecule has 0 spiro atoms. The number of aliphatic imine (C=N–C) groups is 1. The second-order valence-corrected chi connectivity index (χ2v) is 4.54. The number of ether oxygens (including phenoxy) is 1.